The Bertz CT molecular complexity index is 619. The molecular formula is C21H30ClN3O. The molecule has 1 spiro atoms. The van der Waals surface area contributed by atoms with E-state index in [0.29, 0.717) is 5.91 Å². The van der Waals surface area contributed by atoms with Gasteiger partial charge in [0.1, 0.15) is 0 Å². The van der Waals surface area contributed by atoms with Crippen LogP contribution in [0.2, 0.25) is 5.02 Å². The molecule has 0 aliphatic carbocycles. The lowest BCUT2D eigenvalue weighted by atomic mass is 9.77. The number of halogens is 1. The van der Waals surface area contributed by atoms with Gasteiger partial charge in [-0.05, 0) is 80.9 Å². The number of carbonyl (C=O) groups excluding carboxylic acids is 1. The van der Waals surface area contributed by atoms with E-state index in [-0.39, 0.29) is 5.41 Å². The third-order valence-electron chi connectivity index (χ3n) is 6.52. The van der Waals surface area contributed by atoms with Crippen molar-refractivity contribution in [3.63, 3.8) is 0 Å². The number of benzene rings is 1. The van der Waals surface area contributed by atoms with Crippen LogP contribution < -0.4 is 5.32 Å². The zero-order chi connectivity index (χ0) is 18.0. The van der Waals surface area contributed by atoms with Gasteiger partial charge >= 0.3 is 0 Å². The zero-order valence-corrected chi connectivity index (χ0v) is 16.3. The summed E-state index contributed by atoms with van der Waals surface area (Å²) in [7, 11) is 0. The first-order valence-corrected chi connectivity index (χ1v) is 10.5. The van der Waals surface area contributed by atoms with E-state index in [0.717, 1.165) is 56.4 Å². The summed E-state index contributed by atoms with van der Waals surface area (Å²) in [6.07, 6.45) is 5.74. The molecule has 5 heteroatoms. The van der Waals surface area contributed by atoms with E-state index in [2.05, 4.69) is 15.1 Å². The van der Waals surface area contributed by atoms with Gasteiger partial charge in [-0.25, -0.2) is 0 Å². The minimum Gasteiger partial charge on any atom is -0.338 e. The molecule has 3 saturated heterocycles. The summed E-state index contributed by atoms with van der Waals surface area (Å²) in [6, 6.07) is 7.88. The number of amides is 1. The van der Waals surface area contributed by atoms with Gasteiger partial charge in [0, 0.05) is 31.1 Å². The lowest BCUT2D eigenvalue weighted by Crippen LogP contribution is -2.45. The van der Waals surface area contributed by atoms with Crippen LogP contribution in [0.1, 0.15) is 37.7 Å². The van der Waals surface area contributed by atoms with E-state index in [1.807, 2.05) is 24.3 Å². The van der Waals surface area contributed by atoms with E-state index in [4.69, 9.17) is 11.6 Å². The zero-order valence-electron chi connectivity index (χ0n) is 15.6. The topological polar surface area (TPSA) is 35.6 Å². The van der Waals surface area contributed by atoms with Crippen LogP contribution in [0.15, 0.2) is 24.3 Å². The Kier molecular flexibility index (Phi) is 5.53. The van der Waals surface area contributed by atoms with Crippen LogP contribution in [0.3, 0.4) is 0 Å². The largest absolute Gasteiger partial charge is 0.338 e. The predicted molar refractivity (Wildman–Crippen MR) is 105 cm³/mol. The first kappa shape index (κ1) is 18.3. The summed E-state index contributed by atoms with van der Waals surface area (Å²) < 4.78 is 0. The molecule has 1 amide bonds. The summed E-state index contributed by atoms with van der Waals surface area (Å²) in [5.74, 6) is 1.13. The molecule has 0 radical (unpaired) electrons. The maximum absolute atomic E-state index is 12.6. The van der Waals surface area contributed by atoms with Crippen molar-refractivity contribution >= 4 is 17.5 Å². The molecule has 4 nitrogen and oxygen atoms in total. The molecule has 142 valence electrons. The van der Waals surface area contributed by atoms with Crippen LogP contribution in [0.25, 0.3) is 0 Å². The Morgan fingerprint density at radius 2 is 1.96 bits per heavy atom. The third kappa shape index (κ3) is 4.24. The van der Waals surface area contributed by atoms with E-state index in [1.165, 1.54) is 38.0 Å². The standard InChI is InChI=1S/C21H30ClN3O/c22-19-5-3-17(4-6-19)15-25-16-21(12-20(25)26)7-10-24(11-8-21)14-18-2-1-9-23-13-18/h3-6,18,23H,1-2,7-16H2. The molecular weight excluding hydrogens is 346 g/mol. The number of likely N-dealkylation sites (tertiary alicyclic amines) is 2. The predicted octanol–water partition coefficient (Wildman–Crippen LogP) is 3.15. The van der Waals surface area contributed by atoms with Crippen LogP contribution in [0.5, 0.6) is 0 Å². The van der Waals surface area contributed by atoms with Crippen molar-refractivity contribution in [3.05, 3.63) is 34.9 Å². The molecule has 0 aromatic heterocycles. The van der Waals surface area contributed by atoms with Gasteiger partial charge in [-0.1, -0.05) is 23.7 Å². The molecule has 3 heterocycles. The number of carbonyl (C=O) groups is 1. The molecule has 1 aromatic carbocycles. The second-order valence-corrected chi connectivity index (χ2v) is 9.00. The van der Waals surface area contributed by atoms with Gasteiger partial charge in [-0.2, -0.15) is 0 Å². The van der Waals surface area contributed by atoms with Gasteiger partial charge in [0.15, 0.2) is 0 Å². The number of hydrogen-bond donors (Lipinski definition) is 1. The molecule has 1 atom stereocenters. The van der Waals surface area contributed by atoms with Crippen LogP contribution in [-0.2, 0) is 11.3 Å². The van der Waals surface area contributed by atoms with Gasteiger partial charge in [0.25, 0.3) is 0 Å². The van der Waals surface area contributed by atoms with Crippen molar-refractivity contribution in [1.82, 2.24) is 15.1 Å². The highest BCUT2D eigenvalue weighted by molar-refractivity contribution is 6.30. The van der Waals surface area contributed by atoms with Gasteiger partial charge in [-0.3, -0.25) is 4.79 Å². The van der Waals surface area contributed by atoms with Gasteiger partial charge in [0.2, 0.25) is 5.91 Å². The molecule has 3 fully saturated rings. The number of nitrogens with zero attached hydrogens (tertiary/aromatic N) is 2. The Hall–Kier alpha value is -1.10. The molecule has 1 aromatic rings. The second kappa shape index (κ2) is 7.87. The average molecular weight is 376 g/mol. The molecule has 4 rings (SSSR count). The number of piperidine rings is 2. The highest BCUT2D eigenvalue weighted by Crippen LogP contribution is 2.41. The van der Waals surface area contributed by atoms with Gasteiger partial charge < -0.3 is 15.1 Å². The lowest BCUT2D eigenvalue weighted by Gasteiger charge is -2.40. The van der Waals surface area contributed by atoms with Crippen molar-refractivity contribution in [1.29, 1.82) is 0 Å². The van der Waals surface area contributed by atoms with Crippen molar-refractivity contribution in [3.8, 4) is 0 Å². The van der Waals surface area contributed by atoms with Crippen molar-refractivity contribution in [2.24, 2.45) is 11.3 Å². The van der Waals surface area contributed by atoms with Crippen LogP contribution in [-0.4, -0.2) is 55.0 Å². The second-order valence-electron chi connectivity index (χ2n) is 8.57. The van der Waals surface area contributed by atoms with Crippen molar-refractivity contribution < 1.29 is 4.79 Å². The Morgan fingerprint density at radius 1 is 1.19 bits per heavy atom. The number of nitrogens with one attached hydrogen (secondary N) is 1. The average Bonchev–Trinajstić information content (AvgIpc) is 2.95. The first-order chi connectivity index (χ1) is 12.6. The molecule has 0 bridgehead atoms. The SMILES string of the molecule is O=C1CC2(CCN(CC3CCCNC3)CC2)CN1Cc1ccc(Cl)cc1. The Labute approximate surface area is 161 Å². The number of hydrogen-bond acceptors (Lipinski definition) is 3. The van der Waals surface area contributed by atoms with Crippen LogP contribution >= 0.6 is 11.6 Å². The summed E-state index contributed by atoms with van der Waals surface area (Å²) in [4.78, 5) is 17.3. The van der Waals surface area contributed by atoms with Gasteiger partial charge in [0.05, 0.1) is 0 Å². The Balaban J connectivity index is 1.30. The quantitative estimate of drug-likeness (QED) is 0.878. The highest BCUT2D eigenvalue weighted by Gasteiger charge is 2.44. The fourth-order valence-electron chi connectivity index (χ4n) is 4.93. The third-order valence-corrected chi connectivity index (χ3v) is 6.78. The van der Waals surface area contributed by atoms with Crippen LogP contribution in [0.4, 0.5) is 0 Å². The summed E-state index contributed by atoms with van der Waals surface area (Å²) in [5.41, 5.74) is 1.38. The van der Waals surface area contributed by atoms with Gasteiger partial charge in [-0.15, -0.1) is 0 Å². The van der Waals surface area contributed by atoms with E-state index >= 15 is 0 Å². The maximum Gasteiger partial charge on any atom is 0.223 e. The minimum atomic E-state index is 0.213. The molecule has 1 unspecified atom stereocenters. The molecule has 0 saturated carbocycles. The smallest absolute Gasteiger partial charge is 0.223 e. The Morgan fingerprint density at radius 3 is 2.65 bits per heavy atom. The fraction of sp³-hybridized carbons (Fsp3) is 0.667. The van der Waals surface area contributed by atoms with E-state index in [1.54, 1.807) is 0 Å². The summed E-state index contributed by atoms with van der Waals surface area (Å²) in [6.45, 7) is 7.53. The molecule has 3 aliphatic heterocycles. The monoisotopic (exact) mass is 375 g/mol. The lowest BCUT2D eigenvalue weighted by molar-refractivity contribution is -0.128. The minimum absolute atomic E-state index is 0.213. The highest BCUT2D eigenvalue weighted by atomic mass is 35.5. The van der Waals surface area contributed by atoms with Crippen molar-refractivity contribution in [2.45, 2.75) is 38.6 Å². The summed E-state index contributed by atoms with van der Waals surface area (Å²) >= 11 is 5.97. The molecule has 1 N–H and O–H groups in total. The molecule has 26 heavy (non-hydrogen) atoms. The molecule has 3 aliphatic rings. The normalized spacial score (nSPS) is 26.6. The summed E-state index contributed by atoms with van der Waals surface area (Å²) in [5, 5.41) is 4.27. The van der Waals surface area contributed by atoms with Crippen molar-refractivity contribution in [2.75, 3.05) is 39.3 Å². The van der Waals surface area contributed by atoms with E-state index in [9.17, 15) is 4.79 Å². The fourth-order valence-corrected chi connectivity index (χ4v) is 5.05. The van der Waals surface area contributed by atoms with E-state index < -0.39 is 0 Å². The number of rotatable bonds is 4. The maximum atomic E-state index is 12.6. The first-order valence-electron chi connectivity index (χ1n) is 10.1. The van der Waals surface area contributed by atoms with Crippen LogP contribution in [0, 0.1) is 11.3 Å².